The predicted molar refractivity (Wildman–Crippen MR) is 129 cm³/mol. The van der Waals surface area contributed by atoms with E-state index in [4.69, 9.17) is 14.6 Å². The van der Waals surface area contributed by atoms with Crippen LogP contribution < -0.4 is 0 Å². The van der Waals surface area contributed by atoms with Gasteiger partial charge >= 0.3 is 23.9 Å². The van der Waals surface area contributed by atoms with Crippen LogP contribution in [0.3, 0.4) is 0 Å². The molecule has 0 bridgehead atoms. The van der Waals surface area contributed by atoms with Crippen molar-refractivity contribution in [3.63, 3.8) is 0 Å². The first-order chi connectivity index (χ1) is 15.6. The third kappa shape index (κ3) is 13.6. The molecule has 0 saturated carbocycles. The molecule has 0 aromatic carbocycles. The molecule has 0 aliphatic carbocycles. The molecule has 0 aliphatic rings. The van der Waals surface area contributed by atoms with Crippen LogP contribution in [0.5, 0.6) is 0 Å². The summed E-state index contributed by atoms with van der Waals surface area (Å²) in [7, 11) is 0. The first-order valence-corrected chi connectivity index (χ1v) is 12.4. The molecule has 0 atom stereocenters. The summed E-state index contributed by atoms with van der Waals surface area (Å²) in [6.07, 6.45) is 6.91. The molecule has 0 amide bonds. The SMILES string of the molecule is CC(C)(C)C(=O)OCCC(CCCCCCCCCC(=O)O)(CCOC(=O)C(C)(C)C)C(=O)O. The molecule has 0 saturated heterocycles. The second-order valence-electron chi connectivity index (χ2n) is 11.2. The monoisotopic (exact) mass is 486 g/mol. The fraction of sp³-hybridized carbons (Fsp3) is 0.846. The third-order valence-electron chi connectivity index (χ3n) is 5.85. The fourth-order valence-corrected chi connectivity index (χ4v) is 3.43. The summed E-state index contributed by atoms with van der Waals surface area (Å²) >= 11 is 0. The van der Waals surface area contributed by atoms with Crippen molar-refractivity contribution in [3.05, 3.63) is 0 Å². The number of carbonyl (C=O) groups is 4. The van der Waals surface area contributed by atoms with Gasteiger partial charge in [0.2, 0.25) is 0 Å². The van der Waals surface area contributed by atoms with Crippen LogP contribution in [0.25, 0.3) is 0 Å². The van der Waals surface area contributed by atoms with Gasteiger partial charge in [-0.05, 0) is 67.2 Å². The van der Waals surface area contributed by atoms with E-state index in [0.29, 0.717) is 19.3 Å². The number of ether oxygens (including phenoxy) is 2. The van der Waals surface area contributed by atoms with E-state index in [0.717, 1.165) is 32.1 Å². The number of hydrogen-bond donors (Lipinski definition) is 2. The Morgan fingerprint density at radius 1 is 0.588 bits per heavy atom. The number of hydrogen-bond acceptors (Lipinski definition) is 6. The van der Waals surface area contributed by atoms with E-state index in [1.807, 2.05) is 0 Å². The number of aliphatic carboxylic acids is 2. The number of carboxylic acid groups (broad SMARTS) is 2. The topological polar surface area (TPSA) is 127 Å². The van der Waals surface area contributed by atoms with Crippen molar-refractivity contribution in [2.45, 2.75) is 112 Å². The molecular weight excluding hydrogens is 440 g/mol. The Bertz CT molecular complexity index is 623. The molecule has 0 spiro atoms. The third-order valence-corrected chi connectivity index (χ3v) is 5.85. The maximum atomic E-state index is 12.3. The van der Waals surface area contributed by atoms with E-state index in [9.17, 15) is 24.3 Å². The van der Waals surface area contributed by atoms with E-state index in [2.05, 4.69) is 0 Å². The molecule has 8 nitrogen and oxygen atoms in total. The van der Waals surface area contributed by atoms with Gasteiger partial charge in [0.15, 0.2) is 0 Å². The lowest BCUT2D eigenvalue weighted by Gasteiger charge is -2.30. The lowest BCUT2D eigenvalue weighted by atomic mass is 9.77. The zero-order valence-corrected chi connectivity index (χ0v) is 22.0. The molecule has 0 aromatic heterocycles. The highest BCUT2D eigenvalue weighted by Crippen LogP contribution is 2.35. The highest BCUT2D eigenvalue weighted by Gasteiger charge is 2.39. The molecule has 0 heterocycles. The Kier molecular flexibility index (Phi) is 14.1. The van der Waals surface area contributed by atoms with Gasteiger partial charge in [0.25, 0.3) is 0 Å². The molecule has 0 aromatic rings. The van der Waals surface area contributed by atoms with Crippen molar-refractivity contribution >= 4 is 23.9 Å². The summed E-state index contributed by atoms with van der Waals surface area (Å²) in [5.74, 6) is -2.51. The number of carboxylic acids is 2. The molecular formula is C26H46O8. The maximum Gasteiger partial charge on any atom is 0.311 e. The lowest BCUT2D eigenvalue weighted by Crippen LogP contribution is -2.36. The molecule has 0 aliphatic heterocycles. The van der Waals surface area contributed by atoms with Gasteiger partial charge in [-0.1, -0.05) is 38.5 Å². The van der Waals surface area contributed by atoms with Gasteiger partial charge in [-0.3, -0.25) is 19.2 Å². The van der Waals surface area contributed by atoms with Gasteiger partial charge in [-0.2, -0.15) is 0 Å². The minimum Gasteiger partial charge on any atom is -0.481 e. The average molecular weight is 487 g/mol. The van der Waals surface area contributed by atoms with Gasteiger partial charge < -0.3 is 19.7 Å². The van der Waals surface area contributed by atoms with Crippen LogP contribution in [0.4, 0.5) is 0 Å². The van der Waals surface area contributed by atoms with E-state index >= 15 is 0 Å². The van der Waals surface area contributed by atoms with Crippen molar-refractivity contribution in [2.24, 2.45) is 16.2 Å². The van der Waals surface area contributed by atoms with Crippen LogP contribution in [0, 0.1) is 16.2 Å². The highest BCUT2D eigenvalue weighted by atomic mass is 16.5. The average Bonchev–Trinajstić information content (AvgIpc) is 2.69. The predicted octanol–water partition coefficient (Wildman–Crippen LogP) is 5.61. The number of rotatable bonds is 17. The van der Waals surface area contributed by atoms with Gasteiger partial charge in [0.05, 0.1) is 29.5 Å². The zero-order valence-electron chi connectivity index (χ0n) is 22.0. The van der Waals surface area contributed by atoms with Crippen LogP contribution in [0.2, 0.25) is 0 Å². The Labute approximate surface area is 204 Å². The zero-order chi connectivity index (χ0) is 26.4. The van der Waals surface area contributed by atoms with Gasteiger partial charge in [-0.15, -0.1) is 0 Å². The summed E-state index contributed by atoms with van der Waals surface area (Å²) in [4.78, 5) is 47.1. The van der Waals surface area contributed by atoms with Crippen LogP contribution in [-0.4, -0.2) is 47.3 Å². The molecule has 0 fully saturated rings. The number of unbranched alkanes of at least 4 members (excludes halogenated alkanes) is 6. The Balaban J connectivity index is 4.87. The van der Waals surface area contributed by atoms with Gasteiger partial charge in [0, 0.05) is 6.42 Å². The lowest BCUT2D eigenvalue weighted by molar-refractivity contribution is -0.161. The molecule has 2 N–H and O–H groups in total. The summed E-state index contributed by atoms with van der Waals surface area (Å²) in [5, 5.41) is 18.8. The second-order valence-corrected chi connectivity index (χ2v) is 11.2. The Morgan fingerprint density at radius 2 is 0.971 bits per heavy atom. The van der Waals surface area contributed by atoms with Gasteiger partial charge in [0.1, 0.15) is 0 Å². The first kappa shape index (κ1) is 31.9. The van der Waals surface area contributed by atoms with Crippen molar-refractivity contribution in [2.75, 3.05) is 13.2 Å². The Hall–Kier alpha value is -2.12. The number of esters is 2. The van der Waals surface area contributed by atoms with E-state index in [1.54, 1.807) is 41.5 Å². The van der Waals surface area contributed by atoms with Crippen molar-refractivity contribution in [1.82, 2.24) is 0 Å². The summed E-state index contributed by atoms with van der Waals surface area (Å²) in [5.41, 5.74) is -2.48. The molecule has 0 radical (unpaired) electrons. The smallest absolute Gasteiger partial charge is 0.311 e. The minimum absolute atomic E-state index is 0.000796. The molecule has 198 valence electrons. The van der Waals surface area contributed by atoms with Crippen LogP contribution in [0.1, 0.15) is 112 Å². The van der Waals surface area contributed by atoms with Crippen LogP contribution in [0.15, 0.2) is 0 Å². The maximum absolute atomic E-state index is 12.3. The quantitative estimate of drug-likeness (QED) is 0.200. The molecule has 8 heteroatoms. The summed E-state index contributed by atoms with van der Waals surface area (Å²) < 4.78 is 10.7. The highest BCUT2D eigenvalue weighted by molar-refractivity contribution is 5.77. The molecule has 0 rings (SSSR count). The van der Waals surface area contributed by atoms with E-state index in [1.165, 1.54) is 0 Å². The van der Waals surface area contributed by atoms with Crippen molar-refractivity contribution < 1.29 is 38.9 Å². The molecule has 34 heavy (non-hydrogen) atoms. The van der Waals surface area contributed by atoms with Gasteiger partial charge in [-0.25, -0.2) is 0 Å². The standard InChI is InChI=1S/C26H46O8/c1-24(2,3)22(31)33-18-16-26(21(29)30,17-19-34-23(32)25(4,5)6)15-13-11-9-7-8-10-12-14-20(27)28/h7-19H2,1-6H3,(H,27,28)(H,29,30). The normalized spacial score (nSPS) is 12.3. The van der Waals surface area contributed by atoms with Crippen molar-refractivity contribution in [3.8, 4) is 0 Å². The van der Waals surface area contributed by atoms with Crippen LogP contribution in [-0.2, 0) is 28.7 Å². The minimum atomic E-state index is -1.14. The van der Waals surface area contributed by atoms with E-state index in [-0.39, 0.29) is 44.4 Å². The summed E-state index contributed by atoms with van der Waals surface area (Å²) in [6, 6.07) is 0. The van der Waals surface area contributed by atoms with E-state index < -0.39 is 28.2 Å². The molecule has 0 unspecified atom stereocenters. The Morgan fingerprint density at radius 3 is 1.32 bits per heavy atom. The number of carbonyl (C=O) groups excluding carboxylic acids is 2. The summed E-state index contributed by atoms with van der Waals surface area (Å²) in [6.45, 7) is 10.5. The van der Waals surface area contributed by atoms with Crippen LogP contribution >= 0.6 is 0 Å². The first-order valence-electron chi connectivity index (χ1n) is 12.4. The second kappa shape index (κ2) is 15.0. The van der Waals surface area contributed by atoms with Crippen molar-refractivity contribution in [1.29, 1.82) is 0 Å². The largest absolute Gasteiger partial charge is 0.481 e. The fourth-order valence-electron chi connectivity index (χ4n) is 3.43.